The Morgan fingerprint density at radius 3 is 2.11 bits per heavy atom. The first-order chi connectivity index (χ1) is 8.42. The summed E-state index contributed by atoms with van der Waals surface area (Å²) in [6, 6.07) is 0. The van der Waals surface area contributed by atoms with E-state index >= 15 is 0 Å². The summed E-state index contributed by atoms with van der Waals surface area (Å²) in [7, 11) is 0. The number of carbonyl (C=O) groups excluding carboxylic acids is 2. The molecule has 5 heteroatoms. The first-order valence-electron chi connectivity index (χ1n) is 6.42. The number of hydrogen-bond donors (Lipinski definition) is 1. The number of carbonyl (C=O) groups is 2. The van der Waals surface area contributed by atoms with E-state index in [2.05, 4.69) is 0 Å². The van der Waals surface area contributed by atoms with Crippen LogP contribution in [0.25, 0.3) is 0 Å². The number of esters is 2. The molecule has 0 aliphatic carbocycles. The molecule has 0 rings (SSSR count). The van der Waals surface area contributed by atoms with Crippen molar-refractivity contribution in [1.29, 1.82) is 0 Å². The highest BCUT2D eigenvalue weighted by Gasteiger charge is 2.30. The molecular formula is C13H24O5. The van der Waals surface area contributed by atoms with Crippen molar-refractivity contribution in [3.8, 4) is 0 Å². The molecule has 0 saturated carbocycles. The molecule has 0 saturated heterocycles. The van der Waals surface area contributed by atoms with Crippen molar-refractivity contribution in [2.75, 3.05) is 13.2 Å². The van der Waals surface area contributed by atoms with E-state index in [0.29, 0.717) is 6.42 Å². The third kappa shape index (κ3) is 6.59. The fourth-order valence-electron chi connectivity index (χ4n) is 1.70. The molecule has 0 spiro atoms. The van der Waals surface area contributed by atoms with Crippen LogP contribution < -0.4 is 0 Å². The molecule has 0 aliphatic rings. The maximum absolute atomic E-state index is 11.7. The lowest BCUT2D eigenvalue weighted by atomic mass is 9.90. The van der Waals surface area contributed by atoms with Crippen molar-refractivity contribution in [2.45, 2.75) is 46.6 Å². The third-order valence-corrected chi connectivity index (χ3v) is 2.46. The molecule has 0 radical (unpaired) electrons. The van der Waals surface area contributed by atoms with Crippen LogP contribution in [-0.4, -0.2) is 36.4 Å². The van der Waals surface area contributed by atoms with Crippen molar-refractivity contribution in [3.05, 3.63) is 0 Å². The first-order valence-corrected chi connectivity index (χ1v) is 6.42. The van der Waals surface area contributed by atoms with Crippen molar-refractivity contribution in [1.82, 2.24) is 0 Å². The summed E-state index contributed by atoms with van der Waals surface area (Å²) in [6.07, 6.45) is -0.741. The number of hydrogen-bond acceptors (Lipinski definition) is 5. The summed E-state index contributed by atoms with van der Waals surface area (Å²) >= 11 is 0. The van der Waals surface area contributed by atoms with Crippen molar-refractivity contribution >= 4 is 11.9 Å². The minimum atomic E-state index is -1.05. The van der Waals surface area contributed by atoms with Crippen LogP contribution in [0.5, 0.6) is 0 Å². The van der Waals surface area contributed by atoms with Crippen molar-refractivity contribution in [3.63, 3.8) is 0 Å². The Morgan fingerprint density at radius 1 is 1.11 bits per heavy atom. The lowest BCUT2D eigenvalue weighted by Crippen LogP contribution is -2.33. The quantitative estimate of drug-likeness (QED) is 0.670. The fourth-order valence-corrected chi connectivity index (χ4v) is 1.70. The maximum Gasteiger partial charge on any atom is 0.311 e. The van der Waals surface area contributed by atoms with Crippen LogP contribution >= 0.6 is 0 Å². The first kappa shape index (κ1) is 16.9. The molecule has 18 heavy (non-hydrogen) atoms. The van der Waals surface area contributed by atoms with E-state index in [1.807, 2.05) is 13.8 Å². The summed E-state index contributed by atoms with van der Waals surface area (Å²) in [6.45, 7) is 7.83. The molecule has 0 amide bonds. The minimum Gasteiger partial charge on any atom is -0.466 e. The SMILES string of the molecule is CCOC(=O)C[C@@H](O)[C@@H](CC(C)C)C(=O)OCC. The van der Waals surface area contributed by atoms with E-state index in [1.54, 1.807) is 13.8 Å². The second-order valence-corrected chi connectivity index (χ2v) is 4.56. The van der Waals surface area contributed by atoms with Gasteiger partial charge in [0.1, 0.15) is 0 Å². The van der Waals surface area contributed by atoms with Gasteiger partial charge < -0.3 is 14.6 Å². The average Bonchev–Trinajstić information content (AvgIpc) is 2.25. The van der Waals surface area contributed by atoms with Gasteiger partial charge in [0, 0.05) is 0 Å². The highest BCUT2D eigenvalue weighted by Crippen LogP contribution is 2.20. The molecule has 0 fully saturated rings. The van der Waals surface area contributed by atoms with Crippen molar-refractivity contribution < 1.29 is 24.2 Å². The molecule has 0 aliphatic heterocycles. The Labute approximate surface area is 108 Å². The molecule has 0 aromatic carbocycles. The monoisotopic (exact) mass is 260 g/mol. The van der Waals surface area contributed by atoms with E-state index in [0.717, 1.165) is 0 Å². The van der Waals surface area contributed by atoms with Gasteiger partial charge in [0.2, 0.25) is 0 Å². The highest BCUT2D eigenvalue weighted by atomic mass is 16.5. The van der Waals surface area contributed by atoms with Crippen LogP contribution in [-0.2, 0) is 19.1 Å². The molecular weight excluding hydrogens is 236 g/mol. The lowest BCUT2D eigenvalue weighted by molar-refractivity contribution is -0.155. The normalized spacial score (nSPS) is 14.1. The fraction of sp³-hybridized carbons (Fsp3) is 0.846. The van der Waals surface area contributed by atoms with Gasteiger partial charge in [-0.3, -0.25) is 9.59 Å². The third-order valence-electron chi connectivity index (χ3n) is 2.46. The van der Waals surface area contributed by atoms with E-state index < -0.39 is 24.0 Å². The molecule has 0 heterocycles. The van der Waals surface area contributed by atoms with E-state index in [9.17, 15) is 14.7 Å². The zero-order valence-corrected chi connectivity index (χ0v) is 11.6. The second-order valence-electron chi connectivity index (χ2n) is 4.56. The van der Waals surface area contributed by atoms with Gasteiger partial charge >= 0.3 is 11.9 Å². The summed E-state index contributed by atoms with van der Waals surface area (Å²) < 4.78 is 9.67. The molecule has 106 valence electrons. The van der Waals surface area contributed by atoms with Crippen LogP contribution in [0.3, 0.4) is 0 Å². The topological polar surface area (TPSA) is 72.8 Å². The minimum absolute atomic E-state index is 0.177. The molecule has 0 aromatic rings. The predicted octanol–water partition coefficient (Wildman–Crippen LogP) is 1.53. The maximum atomic E-state index is 11.7. The van der Waals surface area contributed by atoms with Gasteiger partial charge in [-0.15, -0.1) is 0 Å². The van der Waals surface area contributed by atoms with Crippen LogP contribution in [0.2, 0.25) is 0 Å². The van der Waals surface area contributed by atoms with Crippen LogP contribution in [0.4, 0.5) is 0 Å². The molecule has 0 bridgehead atoms. The van der Waals surface area contributed by atoms with Gasteiger partial charge in [-0.25, -0.2) is 0 Å². The van der Waals surface area contributed by atoms with Crippen LogP contribution in [0.15, 0.2) is 0 Å². The van der Waals surface area contributed by atoms with Gasteiger partial charge in [0.15, 0.2) is 0 Å². The summed E-state index contributed by atoms with van der Waals surface area (Å²) in [5.41, 5.74) is 0. The smallest absolute Gasteiger partial charge is 0.311 e. The zero-order valence-electron chi connectivity index (χ0n) is 11.6. The number of rotatable bonds is 8. The number of aliphatic hydroxyl groups is 1. The highest BCUT2D eigenvalue weighted by molar-refractivity contribution is 5.75. The Kier molecular flexibility index (Phi) is 8.37. The Bertz CT molecular complexity index is 262. The lowest BCUT2D eigenvalue weighted by Gasteiger charge is -2.22. The Hall–Kier alpha value is -1.10. The van der Waals surface area contributed by atoms with Gasteiger partial charge in [-0.05, 0) is 26.2 Å². The van der Waals surface area contributed by atoms with Gasteiger partial charge in [0.05, 0.1) is 31.7 Å². The second kappa shape index (κ2) is 8.91. The van der Waals surface area contributed by atoms with Gasteiger partial charge in [0.25, 0.3) is 0 Å². The van der Waals surface area contributed by atoms with E-state index in [1.165, 1.54) is 0 Å². The molecule has 5 nitrogen and oxygen atoms in total. The van der Waals surface area contributed by atoms with Crippen LogP contribution in [0.1, 0.15) is 40.5 Å². The Morgan fingerprint density at radius 2 is 1.67 bits per heavy atom. The van der Waals surface area contributed by atoms with Gasteiger partial charge in [-0.2, -0.15) is 0 Å². The zero-order chi connectivity index (χ0) is 14.1. The molecule has 0 aromatic heterocycles. The standard InChI is InChI=1S/C13H24O5/c1-5-17-12(15)8-11(14)10(7-9(3)4)13(16)18-6-2/h9-11,14H,5-8H2,1-4H3/t10-,11-/m1/s1. The number of aliphatic hydroxyl groups excluding tert-OH is 1. The summed E-state index contributed by atoms with van der Waals surface area (Å²) in [5, 5.41) is 9.95. The van der Waals surface area contributed by atoms with E-state index in [4.69, 9.17) is 9.47 Å². The average molecular weight is 260 g/mol. The molecule has 0 unspecified atom stereocenters. The van der Waals surface area contributed by atoms with Crippen LogP contribution in [0, 0.1) is 11.8 Å². The number of ether oxygens (including phenoxy) is 2. The Balaban J connectivity index is 4.53. The van der Waals surface area contributed by atoms with Crippen molar-refractivity contribution in [2.24, 2.45) is 11.8 Å². The molecule has 2 atom stereocenters. The molecule has 1 N–H and O–H groups in total. The summed E-state index contributed by atoms with van der Waals surface area (Å²) in [5.74, 6) is -1.39. The summed E-state index contributed by atoms with van der Waals surface area (Å²) in [4.78, 5) is 23.0. The largest absolute Gasteiger partial charge is 0.466 e. The predicted molar refractivity (Wildman–Crippen MR) is 66.8 cm³/mol. The van der Waals surface area contributed by atoms with E-state index in [-0.39, 0.29) is 25.6 Å². The van der Waals surface area contributed by atoms with Gasteiger partial charge in [-0.1, -0.05) is 13.8 Å².